The zero-order valence-electron chi connectivity index (χ0n) is 27.7. The van der Waals surface area contributed by atoms with Gasteiger partial charge >= 0.3 is 12.1 Å². The number of esters is 1. The fourth-order valence-corrected chi connectivity index (χ4v) is 6.48. The first-order valence-corrected chi connectivity index (χ1v) is 16.2. The van der Waals surface area contributed by atoms with Crippen LogP contribution in [-0.2, 0) is 51.8 Å². The summed E-state index contributed by atoms with van der Waals surface area (Å²) < 4.78 is 29.8. The van der Waals surface area contributed by atoms with Crippen molar-refractivity contribution in [2.24, 2.45) is 17.8 Å². The van der Waals surface area contributed by atoms with Crippen LogP contribution in [0.4, 0.5) is 4.79 Å². The van der Waals surface area contributed by atoms with Gasteiger partial charge in [-0.25, -0.2) is 4.79 Å². The van der Waals surface area contributed by atoms with Crippen molar-refractivity contribution in [3.63, 3.8) is 0 Å². The molecular formula is C33H55N2O8V-. The van der Waals surface area contributed by atoms with Crippen LogP contribution in [0.3, 0.4) is 0 Å². The van der Waals surface area contributed by atoms with Crippen LogP contribution in [-0.4, -0.2) is 80.8 Å². The Morgan fingerprint density at radius 3 is 2.41 bits per heavy atom. The van der Waals surface area contributed by atoms with Crippen LogP contribution in [0.5, 0.6) is 0 Å². The van der Waals surface area contributed by atoms with E-state index in [-0.39, 0.29) is 85.4 Å². The van der Waals surface area contributed by atoms with Gasteiger partial charge in [0.25, 0.3) is 0 Å². The molecule has 10 nitrogen and oxygen atoms in total. The molecule has 0 aromatic rings. The maximum atomic E-state index is 13.2. The molecule has 44 heavy (non-hydrogen) atoms. The molecule has 1 amide bonds. The zero-order valence-corrected chi connectivity index (χ0v) is 29.1. The van der Waals surface area contributed by atoms with Gasteiger partial charge in [-0.05, 0) is 58.8 Å². The molecule has 1 saturated carbocycles. The Hall–Kier alpha value is -1.43. The first-order chi connectivity index (χ1) is 20.5. The summed E-state index contributed by atoms with van der Waals surface area (Å²) in [7, 11) is 1.67. The molecule has 3 fully saturated rings. The van der Waals surface area contributed by atoms with Gasteiger partial charge in [0.2, 0.25) is 0 Å². The number of hydrogen-bond acceptors (Lipinski definition) is 8. The predicted molar refractivity (Wildman–Crippen MR) is 164 cm³/mol. The van der Waals surface area contributed by atoms with Crippen LogP contribution < -0.4 is 5.32 Å². The fraction of sp³-hybridized carbons (Fsp3) is 0.848. The van der Waals surface area contributed by atoms with Gasteiger partial charge < -0.3 is 39.5 Å². The molecule has 251 valence electrons. The van der Waals surface area contributed by atoms with Crippen LogP contribution in [0.15, 0.2) is 11.6 Å². The number of carbonyl (C=O) groups excluding carboxylic acids is 3. The van der Waals surface area contributed by atoms with Crippen LogP contribution in [0.1, 0.15) is 98.8 Å². The monoisotopic (exact) mass is 658 g/mol. The van der Waals surface area contributed by atoms with Crippen molar-refractivity contribution in [1.82, 2.24) is 5.32 Å². The number of allylic oxidation sites excluding steroid dienone is 1. The molecule has 0 bridgehead atoms. The van der Waals surface area contributed by atoms with Gasteiger partial charge in [0.15, 0.2) is 0 Å². The number of methoxy groups -OCH3 is 1. The van der Waals surface area contributed by atoms with E-state index in [2.05, 4.69) is 32.2 Å². The topological polar surface area (TPSA) is 140 Å². The quantitative estimate of drug-likeness (QED) is 0.0777. The van der Waals surface area contributed by atoms with E-state index in [0.29, 0.717) is 26.0 Å². The Balaban J connectivity index is 0.00000675. The smallest absolute Gasteiger partial charge is 0.407 e. The van der Waals surface area contributed by atoms with E-state index in [1.165, 1.54) is 5.57 Å². The standard InChI is InChI=1S/C33H55N2O8.V/c1-22(2)13-14-27-32(5,43-27)30-29(39-6)26(15-16-33(30)21-41-33)42-28(37)18-24(23(3)4)20-40-31(38)35-17-11-9-7-8-10-12-25(36)19-34;/h13,23-24,26-27,29-30,34H,7-12,14-21H2,1-6H3,(H,35,38);/q-1;/t24-,26?,27+,29?,30?,32-,33-;/m0./s1. The van der Waals surface area contributed by atoms with Crippen molar-refractivity contribution < 1.29 is 56.6 Å². The van der Waals surface area contributed by atoms with E-state index in [4.69, 9.17) is 29.4 Å². The fourth-order valence-electron chi connectivity index (χ4n) is 6.48. The number of rotatable bonds is 19. The maximum absolute atomic E-state index is 13.2. The van der Waals surface area contributed by atoms with Crippen LogP contribution in [0.2, 0.25) is 0 Å². The van der Waals surface area contributed by atoms with E-state index in [1.807, 2.05) is 13.8 Å². The first kappa shape index (κ1) is 38.8. The maximum Gasteiger partial charge on any atom is 0.407 e. The minimum atomic E-state index is -0.482. The van der Waals surface area contributed by atoms with E-state index in [9.17, 15) is 14.4 Å². The largest absolute Gasteiger partial charge is 0.671 e. The SMILES string of the molecule is COC1C(OC(=O)C[C@@H](COC(=O)NCCCCCCCC(=O)C[NH-])C(C)C)CC[C@]2(CO2)C1[C@@]1(C)O[C@@H]1CC=C(C)C.[V]. The third-order valence-electron chi connectivity index (χ3n) is 9.42. The van der Waals surface area contributed by atoms with Gasteiger partial charge in [0.05, 0.1) is 31.7 Å². The van der Waals surface area contributed by atoms with Gasteiger partial charge in [0.1, 0.15) is 29.2 Å². The predicted octanol–water partition coefficient (Wildman–Crippen LogP) is 5.95. The second-order valence-corrected chi connectivity index (χ2v) is 13.4. The molecule has 2 saturated heterocycles. The number of epoxide rings is 2. The Bertz CT molecular complexity index is 967. The average Bonchev–Trinajstić information content (AvgIpc) is 3.88. The molecule has 1 radical (unpaired) electrons. The third-order valence-corrected chi connectivity index (χ3v) is 9.42. The van der Waals surface area contributed by atoms with Gasteiger partial charge in [-0.2, -0.15) is 0 Å². The van der Waals surface area contributed by atoms with E-state index in [0.717, 1.165) is 44.9 Å². The van der Waals surface area contributed by atoms with Crippen LogP contribution in [0.25, 0.3) is 5.73 Å². The second-order valence-electron chi connectivity index (χ2n) is 13.4. The van der Waals surface area contributed by atoms with Crippen molar-refractivity contribution in [2.45, 2.75) is 128 Å². The van der Waals surface area contributed by atoms with Crippen molar-refractivity contribution >= 4 is 17.8 Å². The van der Waals surface area contributed by atoms with E-state index >= 15 is 0 Å². The van der Waals surface area contributed by atoms with Gasteiger partial charge in [-0.15, -0.1) is 0 Å². The van der Waals surface area contributed by atoms with Crippen LogP contribution >= 0.6 is 0 Å². The molecule has 7 atom stereocenters. The van der Waals surface area contributed by atoms with E-state index in [1.54, 1.807) is 7.11 Å². The number of nitrogens with one attached hydrogen (secondary N) is 2. The summed E-state index contributed by atoms with van der Waals surface area (Å²) in [6, 6.07) is 0. The number of hydrogen-bond donors (Lipinski definition) is 1. The van der Waals surface area contributed by atoms with Gasteiger partial charge in [-0.3, -0.25) is 4.79 Å². The molecular weight excluding hydrogens is 603 g/mol. The minimum Gasteiger partial charge on any atom is -0.671 e. The molecule has 0 aromatic heterocycles. The van der Waals surface area contributed by atoms with E-state index < -0.39 is 17.8 Å². The normalized spacial score (nSPS) is 29.4. The zero-order chi connectivity index (χ0) is 31.6. The molecule has 3 rings (SSSR count). The van der Waals surface area contributed by atoms with Crippen molar-refractivity contribution in [3.05, 3.63) is 17.4 Å². The molecule has 3 unspecified atom stereocenters. The minimum absolute atomic E-state index is 0. The summed E-state index contributed by atoms with van der Waals surface area (Å²) in [6.45, 7) is 11.5. The summed E-state index contributed by atoms with van der Waals surface area (Å²) in [5.74, 6) is -0.396. The van der Waals surface area contributed by atoms with Gasteiger partial charge in [-0.1, -0.05) is 51.3 Å². The summed E-state index contributed by atoms with van der Waals surface area (Å²) in [5.41, 5.74) is 7.63. The number of carbonyl (C=O) groups is 3. The molecule has 3 aliphatic rings. The molecule has 1 aliphatic carbocycles. The van der Waals surface area contributed by atoms with Gasteiger partial charge in [0, 0.05) is 44.5 Å². The average molecular weight is 659 g/mol. The summed E-state index contributed by atoms with van der Waals surface area (Å²) in [6.07, 6.45) is 8.58. The van der Waals surface area contributed by atoms with Crippen LogP contribution in [0, 0.1) is 17.8 Å². The number of alkyl carbamates (subject to hydrolysis) is 1. The number of ether oxygens (including phenoxy) is 5. The Kier molecular flexibility index (Phi) is 15.9. The second kappa shape index (κ2) is 18.1. The number of Topliss-reactive ketones (excluding diaryl/α,β-unsaturated/α-hetero) is 1. The number of unbranched alkanes of at least 4 members (excludes halogenated alkanes) is 4. The Morgan fingerprint density at radius 1 is 1.11 bits per heavy atom. The number of ketones is 1. The Morgan fingerprint density at radius 2 is 1.80 bits per heavy atom. The molecule has 11 heteroatoms. The third kappa shape index (κ3) is 11.1. The molecule has 2 N–H and O–H groups in total. The summed E-state index contributed by atoms with van der Waals surface area (Å²) in [4.78, 5) is 36.6. The summed E-state index contributed by atoms with van der Waals surface area (Å²) in [5, 5.41) is 2.78. The molecule has 0 aromatic carbocycles. The molecule has 2 heterocycles. The van der Waals surface area contributed by atoms with Crippen molar-refractivity contribution in [2.75, 3.05) is 33.4 Å². The first-order valence-electron chi connectivity index (χ1n) is 16.2. The summed E-state index contributed by atoms with van der Waals surface area (Å²) >= 11 is 0. The number of amides is 1. The Labute approximate surface area is 276 Å². The van der Waals surface area contributed by atoms with Crippen molar-refractivity contribution in [1.29, 1.82) is 0 Å². The molecule has 1 spiro atoms. The molecule has 2 aliphatic heterocycles. The van der Waals surface area contributed by atoms with Crippen molar-refractivity contribution in [3.8, 4) is 0 Å².